The van der Waals surface area contributed by atoms with Crippen LogP contribution in [0.5, 0.6) is 0 Å². The molecule has 2 unspecified atom stereocenters. The minimum absolute atomic E-state index is 0.0527. The molecule has 106 valence electrons. The van der Waals surface area contributed by atoms with Crippen molar-refractivity contribution in [2.45, 2.75) is 51.6 Å². The van der Waals surface area contributed by atoms with E-state index in [2.05, 4.69) is 19.2 Å². The molecule has 1 N–H and O–H groups in total. The summed E-state index contributed by atoms with van der Waals surface area (Å²) in [5, 5.41) is 3.54. The van der Waals surface area contributed by atoms with E-state index in [1.807, 2.05) is 14.1 Å². The average Bonchev–Trinajstić information content (AvgIpc) is 2.55. The second-order valence-electron chi connectivity index (χ2n) is 5.82. The molecule has 1 fully saturated rings. The molecule has 18 heavy (non-hydrogen) atoms. The molecule has 0 spiro atoms. The van der Waals surface area contributed by atoms with Gasteiger partial charge in [0.2, 0.25) is 5.91 Å². The summed E-state index contributed by atoms with van der Waals surface area (Å²) < 4.78 is 5.46. The molecule has 4 nitrogen and oxygen atoms in total. The smallest absolute Gasteiger partial charge is 0.239 e. The third-order valence-corrected chi connectivity index (χ3v) is 3.33. The molecule has 0 radical (unpaired) electrons. The van der Waals surface area contributed by atoms with Gasteiger partial charge in [-0.3, -0.25) is 4.79 Å². The van der Waals surface area contributed by atoms with Crippen molar-refractivity contribution in [1.29, 1.82) is 0 Å². The van der Waals surface area contributed by atoms with E-state index in [0.29, 0.717) is 12.0 Å². The van der Waals surface area contributed by atoms with Gasteiger partial charge in [-0.2, -0.15) is 0 Å². The molecule has 1 rings (SSSR count). The molecule has 1 aliphatic heterocycles. The Kier molecular flexibility index (Phi) is 6.65. The van der Waals surface area contributed by atoms with E-state index in [1.54, 1.807) is 4.90 Å². The number of nitrogens with one attached hydrogen (secondary N) is 1. The number of hydrogen-bond acceptors (Lipinski definition) is 3. The van der Waals surface area contributed by atoms with Crippen molar-refractivity contribution < 1.29 is 9.53 Å². The third kappa shape index (κ3) is 5.36. The summed E-state index contributed by atoms with van der Waals surface area (Å²) in [5.74, 6) is 0.710. The third-order valence-electron chi connectivity index (χ3n) is 3.33. The molecule has 1 saturated heterocycles. The van der Waals surface area contributed by atoms with Crippen LogP contribution in [0.4, 0.5) is 0 Å². The van der Waals surface area contributed by atoms with E-state index in [-0.39, 0.29) is 11.9 Å². The maximum absolute atomic E-state index is 12.2. The second kappa shape index (κ2) is 7.74. The van der Waals surface area contributed by atoms with Gasteiger partial charge in [0.05, 0.1) is 6.04 Å². The largest absolute Gasteiger partial charge is 0.381 e. The van der Waals surface area contributed by atoms with Crippen LogP contribution >= 0.6 is 0 Å². The summed E-state index contributed by atoms with van der Waals surface area (Å²) in [4.78, 5) is 13.9. The number of rotatable bonds is 5. The van der Waals surface area contributed by atoms with Gasteiger partial charge in [0.25, 0.3) is 0 Å². The maximum Gasteiger partial charge on any atom is 0.239 e. The van der Waals surface area contributed by atoms with E-state index < -0.39 is 0 Å². The van der Waals surface area contributed by atoms with E-state index in [4.69, 9.17) is 4.74 Å². The van der Waals surface area contributed by atoms with Crippen molar-refractivity contribution in [3.05, 3.63) is 0 Å². The quantitative estimate of drug-likeness (QED) is 0.813. The predicted molar refractivity (Wildman–Crippen MR) is 73.5 cm³/mol. The van der Waals surface area contributed by atoms with Gasteiger partial charge in [0, 0.05) is 33.4 Å². The fraction of sp³-hybridized carbons (Fsp3) is 0.929. The highest BCUT2D eigenvalue weighted by atomic mass is 16.5. The Morgan fingerprint density at radius 3 is 2.67 bits per heavy atom. The Morgan fingerprint density at radius 2 is 2.06 bits per heavy atom. The maximum atomic E-state index is 12.2. The molecule has 1 aliphatic rings. The SMILES string of the molecule is CC(C)CC(NC1CCCOCC1)C(=O)N(C)C. The van der Waals surface area contributed by atoms with Gasteiger partial charge in [0.1, 0.15) is 0 Å². The van der Waals surface area contributed by atoms with Gasteiger partial charge >= 0.3 is 0 Å². The first-order valence-electron chi connectivity index (χ1n) is 7.05. The summed E-state index contributed by atoms with van der Waals surface area (Å²) in [6.45, 7) is 5.98. The lowest BCUT2D eigenvalue weighted by atomic mass is 10.00. The Hall–Kier alpha value is -0.610. The zero-order valence-corrected chi connectivity index (χ0v) is 12.2. The number of ether oxygens (including phenoxy) is 1. The molecule has 0 aromatic heterocycles. The molecule has 1 amide bonds. The lowest BCUT2D eigenvalue weighted by Gasteiger charge is -2.27. The minimum Gasteiger partial charge on any atom is -0.381 e. The van der Waals surface area contributed by atoms with Crippen molar-refractivity contribution in [2.75, 3.05) is 27.3 Å². The molecule has 0 aliphatic carbocycles. The van der Waals surface area contributed by atoms with Gasteiger partial charge in [-0.25, -0.2) is 0 Å². The van der Waals surface area contributed by atoms with E-state index >= 15 is 0 Å². The van der Waals surface area contributed by atoms with Crippen molar-refractivity contribution in [2.24, 2.45) is 5.92 Å². The molecule has 4 heteroatoms. The fourth-order valence-electron chi connectivity index (χ4n) is 2.38. The van der Waals surface area contributed by atoms with Crippen LogP contribution in [0.1, 0.15) is 39.5 Å². The second-order valence-corrected chi connectivity index (χ2v) is 5.82. The normalized spacial score (nSPS) is 22.6. The lowest BCUT2D eigenvalue weighted by molar-refractivity contribution is -0.131. The zero-order valence-electron chi connectivity index (χ0n) is 12.2. The minimum atomic E-state index is -0.0527. The molecule has 1 heterocycles. The van der Waals surface area contributed by atoms with Gasteiger partial charge in [-0.1, -0.05) is 13.8 Å². The summed E-state index contributed by atoms with van der Waals surface area (Å²) >= 11 is 0. The highest BCUT2D eigenvalue weighted by Gasteiger charge is 2.24. The Balaban J connectivity index is 2.55. The highest BCUT2D eigenvalue weighted by Crippen LogP contribution is 2.13. The number of carbonyl (C=O) groups excluding carboxylic acids is 1. The predicted octanol–water partition coefficient (Wildman–Crippen LogP) is 1.65. The first-order chi connectivity index (χ1) is 8.50. The molecule has 0 aromatic rings. The van der Waals surface area contributed by atoms with Crippen LogP contribution in [0.15, 0.2) is 0 Å². The van der Waals surface area contributed by atoms with Crippen molar-refractivity contribution in [3.8, 4) is 0 Å². The van der Waals surface area contributed by atoms with Crippen LogP contribution in [0.3, 0.4) is 0 Å². The molecule has 0 aromatic carbocycles. The number of nitrogens with zero attached hydrogens (tertiary/aromatic N) is 1. The van der Waals surface area contributed by atoms with Crippen LogP contribution in [0, 0.1) is 5.92 Å². The Bertz CT molecular complexity index is 246. The molecule has 2 atom stereocenters. The van der Waals surface area contributed by atoms with Gasteiger partial charge < -0.3 is 15.0 Å². The van der Waals surface area contributed by atoms with Crippen molar-refractivity contribution in [3.63, 3.8) is 0 Å². The topological polar surface area (TPSA) is 41.6 Å². The molecular weight excluding hydrogens is 228 g/mol. The summed E-state index contributed by atoms with van der Waals surface area (Å²) in [5.41, 5.74) is 0. The highest BCUT2D eigenvalue weighted by molar-refractivity contribution is 5.81. The van der Waals surface area contributed by atoms with Crippen LogP contribution in [-0.2, 0) is 9.53 Å². The van der Waals surface area contributed by atoms with Gasteiger partial charge in [-0.15, -0.1) is 0 Å². The molecule has 0 bridgehead atoms. The zero-order chi connectivity index (χ0) is 13.5. The Labute approximate surface area is 111 Å². The average molecular weight is 256 g/mol. The standard InChI is InChI=1S/C14H28N2O2/c1-11(2)10-13(14(17)16(3)4)15-12-6-5-8-18-9-7-12/h11-13,15H,5-10H2,1-4H3. The molecule has 0 saturated carbocycles. The summed E-state index contributed by atoms with van der Waals surface area (Å²) in [6.07, 6.45) is 4.10. The van der Waals surface area contributed by atoms with Gasteiger partial charge in [-0.05, 0) is 31.6 Å². The van der Waals surface area contributed by atoms with Crippen LogP contribution in [-0.4, -0.2) is 50.2 Å². The summed E-state index contributed by atoms with van der Waals surface area (Å²) in [6, 6.07) is 0.364. The fourth-order valence-corrected chi connectivity index (χ4v) is 2.38. The molecular formula is C14H28N2O2. The number of amides is 1. The van der Waals surface area contributed by atoms with E-state index in [1.165, 1.54) is 0 Å². The number of hydrogen-bond donors (Lipinski definition) is 1. The van der Waals surface area contributed by atoms with Crippen molar-refractivity contribution >= 4 is 5.91 Å². The lowest BCUT2D eigenvalue weighted by Crippen LogP contribution is -2.48. The first kappa shape index (κ1) is 15.4. The summed E-state index contributed by atoms with van der Waals surface area (Å²) in [7, 11) is 3.65. The van der Waals surface area contributed by atoms with Gasteiger partial charge in [0.15, 0.2) is 0 Å². The van der Waals surface area contributed by atoms with E-state index in [0.717, 1.165) is 38.9 Å². The van der Waals surface area contributed by atoms with Crippen LogP contribution < -0.4 is 5.32 Å². The Morgan fingerprint density at radius 1 is 1.33 bits per heavy atom. The van der Waals surface area contributed by atoms with Crippen molar-refractivity contribution in [1.82, 2.24) is 10.2 Å². The number of carbonyl (C=O) groups is 1. The van der Waals surface area contributed by atoms with Crippen LogP contribution in [0.2, 0.25) is 0 Å². The number of likely N-dealkylation sites (N-methyl/N-ethyl adjacent to an activating group) is 1. The van der Waals surface area contributed by atoms with Crippen LogP contribution in [0.25, 0.3) is 0 Å². The first-order valence-corrected chi connectivity index (χ1v) is 7.05. The monoisotopic (exact) mass is 256 g/mol. The van der Waals surface area contributed by atoms with E-state index in [9.17, 15) is 4.79 Å².